The van der Waals surface area contributed by atoms with Crippen LogP contribution in [0.3, 0.4) is 0 Å². The molecule has 1 aromatic carbocycles. The molecule has 0 aliphatic heterocycles. The molecule has 0 saturated carbocycles. The summed E-state index contributed by atoms with van der Waals surface area (Å²) in [6.07, 6.45) is 0.210. The van der Waals surface area contributed by atoms with E-state index in [1.807, 2.05) is 12.3 Å². The number of nitrogens with zero attached hydrogens (tertiary/aromatic N) is 1. The van der Waals surface area contributed by atoms with Gasteiger partial charge in [0.2, 0.25) is 5.91 Å². The molecule has 1 aromatic heterocycles. The maximum Gasteiger partial charge on any atom is 0.227 e. The summed E-state index contributed by atoms with van der Waals surface area (Å²) in [4.78, 5) is 16.1. The summed E-state index contributed by atoms with van der Waals surface area (Å²) in [5.74, 6) is -0.106. The smallest absolute Gasteiger partial charge is 0.227 e. The second-order valence-corrected chi connectivity index (χ2v) is 5.60. The van der Waals surface area contributed by atoms with Crippen LogP contribution in [0.25, 0.3) is 0 Å². The Kier molecular flexibility index (Phi) is 5.09. The molecule has 0 saturated heterocycles. The van der Waals surface area contributed by atoms with Crippen LogP contribution in [-0.4, -0.2) is 10.9 Å². The highest BCUT2D eigenvalue weighted by molar-refractivity contribution is 7.09. The first-order chi connectivity index (χ1) is 9.58. The van der Waals surface area contributed by atoms with E-state index in [0.29, 0.717) is 5.88 Å². The second kappa shape index (κ2) is 6.81. The third kappa shape index (κ3) is 4.02. The van der Waals surface area contributed by atoms with Crippen LogP contribution in [0.5, 0.6) is 0 Å². The zero-order valence-electron chi connectivity index (χ0n) is 10.9. The Morgan fingerprint density at radius 3 is 3.00 bits per heavy atom. The van der Waals surface area contributed by atoms with E-state index in [4.69, 9.17) is 11.6 Å². The van der Waals surface area contributed by atoms with Gasteiger partial charge in [-0.25, -0.2) is 9.37 Å². The lowest BCUT2D eigenvalue weighted by Crippen LogP contribution is -2.28. The summed E-state index contributed by atoms with van der Waals surface area (Å²) in [7, 11) is 0. The number of halogens is 2. The van der Waals surface area contributed by atoms with Crippen molar-refractivity contribution in [3.8, 4) is 0 Å². The van der Waals surface area contributed by atoms with Crippen molar-refractivity contribution in [2.24, 2.45) is 0 Å². The van der Waals surface area contributed by atoms with Gasteiger partial charge in [-0.3, -0.25) is 4.79 Å². The Balaban J connectivity index is 1.94. The third-order valence-corrected chi connectivity index (χ3v) is 3.95. The summed E-state index contributed by atoms with van der Waals surface area (Å²) >= 11 is 7.08. The molecule has 0 fully saturated rings. The highest BCUT2D eigenvalue weighted by Gasteiger charge is 2.12. The van der Waals surface area contributed by atoms with E-state index in [9.17, 15) is 9.18 Å². The van der Waals surface area contributed by atoms with E-state index in [-0.39, 0.29) is 24.2 Å². The van der Waals surface area contributed by atoms with E-state index >= 15 is 0 Å². The van der Waals surface area contributed by atoms with E-state index < -0.39 is 0 Å². The average Bonchev–Trinajstić information content (AvgIpc) is 2.86. The summed E-state index contributed by atoms with van der Waals surface area (Å²) < 4.78 is 13.1. The number of nitrogens with one attached hydrogen (secondary N) is 1. The van der Waals surface area contributed by atoms with Gasteiger partial charge in [0.05, 0.1) is 24.0 Å². The lowest BCUT2D eigenvalue weighted by atomic mass is 10.1. The molecule has 1 amide bonds. The molecule has 1 unspecified atom stereocenters. The minimum atomic E-state index is -0.310. The van der Waals surface area contributed by atoms with Crippen LogP contribution < -0.4 is 5.32 Å². The lowest BCUT2D eigenvalue weighted by Gasteiger charge is -2.13. The molecule has 20 heavy (non-hydrogen) atoms. The van der Waals surface area contributed by atoms with Gasteiger partial charge >= 0.3 is 0 Å². The summed E-state index contributed by atoms with van der Waals surface area (Å²) in [5.41, 5.74) is 1.51. The predicted molar refractivity (Wildman–Crippen MR) is 78.3 cm³/mol. The number of hydrogen-bond donors (Lipinski definition) is 1. The van der Waals surface area contributed by atoms with Gasteiger partial charge in [-0.15, -0.1) is 22.9 Å². The number of amides is 1. The molecule has 0 bridgehead atoms. The molecule has 1 N–H and O–H groups in total. The van der Waals surface area contributed by atoms with Gasteiger partial charge in [0.15, 0.2) is 0 Å². The summed E-state index contributed by atoms with van der Waals surface area (Å²) in [6, 6.07) is 5.95. The average molecular weight is 313 g/mol. The van der Waals surface area contributed by atoms with Crippen LogP contribution in [0, 0.1) is 5.82 Å². The standard InChI is InChI=1S/C14H14ClFN2OS/c1-9(10-3-2-4-11(16)5-10)17-13(19)6-14-18-12(7-15)8-20-14/h2-5,8-9H,6-7H2,1H3,(H,17,19). The van der Waals surface area contributed by atoms with Crippen LogP contribution in [0.15, 0.2) is 29.6 Å². The number of carbonyl (C=O) groups excluding carboxylic acids is 1. The largest absolute Gasteiger partial charge is 0.349 e. The van der Waals surface area contributed by atoms with Crippen molar-refractivity contribution in [2.45, 2.75) is 25.3 Å². The SMILES string of the molecule is CC(NC(=O)Cc1nc(CCl)cs1)c1cccc(F)c1. The van der Waals surface area contributed by atoms with Gasteiger partial charge in [0.1, 0.15) is 10.8 Å². The fraction of sp³-hybridized carbons (Fsp3) is 0.286. The molecule has 1 heterocycles. The first-order valence-electron chi connectivity index (χ1n) is 6.12. The first-order valence-corrected chi connectivity index (χ1v) is 7.54. The van der Waals surface area contributed by atoms with Crippen LogP contribution in [0.2, 0.25) is 0 Å². The Hall–Kier alpha value is -1.46. The van der Waals surface area contributed by atoms with Gasteiger partial charge in [0, 0.05) is 5.38 Å². The van der Waals surface area contributed by atoms with Crippen molar-refractivity contribution in [3.63, 3.8) is 0 Å². The Morgan fingerprint density at radius 1 is 1.55 bits per heavy atom. The maximum atomic E-state index is 13.1. The van der Waals surface area contributed by atoms with Crippen LogP contribution in [0.4, 0.5) is 4.39 Å². The van der Waals surface area contributed by atoms with Crippen LogP contribution in [-0.2, 0) is 17.1 Å². The predicted octanol–water partition coefficient (Wildman–Crippen LogP) is 3.44. The quantitative estimate of drug-likeness (QED) is 0.859. The third-order valence-electron chi connectivity index (χ3n) is 2.77. The van der Waals surface area contributed by atoms with Gasteiger partial charge in [-0.1, -0.05) is 12.1 Å². The van der Waals surface area contributed by atoms with Gasteiger partial charge < -0.3 is 5.32 Å². The fourth-order valence-electron chi connectivity index (χ4n) is 1.78. The Morgan fingerprint density at radius 2 is 2.35 bits per heavy atom. The topological polar surface area (TPSA) is 42.0 Å². The highest BCUT2D eigenvalue weighted by Crippen LogP contribution is 2.15. The maximum absolute atomic E-state index is 13.1. The number of benzene rings is 1. The van der Waals surface area contributed by atoms with Crippen molar-refractivity contribution in [1.82, 2.24) is 10.3 Å². The van der Waals surface area contributed by atoms with Gasteiger partial charge in [0.25, 0.3) is 0 Å². The first kappa shape index (κ1) is 14.9. The number of rotatable bonds is 5. The number of aromatic nitrogens is 1. The monoisotopic (exact) mass is 312 g/mol. The number of carbonyl (C=O) groups is 1. The fourth-order valence-corrected chi connectivity index (χ4v) is 2.80. The van der Waals surface area contributed by atoms with E-state index in [1.165, 1.54) is 23.5 Å². The molecule has 3 nitrogen and oxygen atoms in total. The zero-order chi connectivity index (χ0) is 14.5. The Labute approximate surface area is 125 Å². The Bertz CT molecular complexity index is 602. The molecule has 6 heteroatoms. The molecule has 2 aromatic rings. The van der Waals surface area contributed by atoms with Gasteiger partial charge in [-0.05, 0) is 24.6 Å². The molecule has 1 atom stereocenters. The molecule has 0 aliphatic carbocycles. The van der Waals surface area contributed by atoms with Gasteiger partial charge in [-0.2, -0.15) is 0 Å². The molecule has 0 aliphatic rings. The number of thiazole rings is 1. The number of alkyl halides is 1. The van der Waals surface area contributed by atoms with Crippen molar-refractivity contribution < 1.29 is 9.18 Å². The van der Waals surface area contributed by atoms with Crippen molar-refractivity contribution in [1.29, 1.82) is 0 Å². The van der Waals surface area contributed by atoms with E-state index in [1.54, 1.807) is 12.1 Å². The van der Waals surface area contributed by atoms with Crippen molar-refractivity contribution in [2.75, 3.05) is 0 Å². The van der Waals surface area contributed by atoms with Crippen LogP contribution >= 0.6 is 22.9 Å². The normalized spacial score (nSPS) is 12.2. The molecule has 0 spiro atoms. The van der Waals surface area contributed by atoms with Crippen molar-refractivity contribution >= 4 is 28.8 Å². The molecular formula is C14H14ClFN2OS. The van der Waals surface area contributed by atoms with E-state index in [0.717, 1.165) is 16.3 Å². The summed E-state index contributed by atoms with van der Waals surface area (Å²) in [5, 5.41) is 5.39. The molecule has 0 radical (unpaired) electrons. The summed E-state index contributed by atoms with van der Waals surface area (Å²) in [6.45, 7) is 1.82. The van der Waals surface area contributed by atoms with Crippen molar-refractivity contribution in [3.05, 3.63) is 51.7 Å². The number of hydrogen-bond acceptors (Lipinski definition) is 3. The van der Waals surface area contributed by atoms with Crippen LogP contribution in [0.1, 0.15) is 29.2 Å². The second-order valence-electron chi connectivity index (χ2n) is 4.39. The molecule has 2 rings (SSSR count). The lowest BCUT2D eigenvalue weighted by molar-refractivity contribution is -0.121. The van der Waals surface area contributed by atoms with E-state index in [2.05, 4.69) is 10.3 Å². The zero-order valence-corrected chi connectivity index (χ0v) is 12.5. The molecular weight excluding hydrogens is 299 g/mol. The molecule has 106 valence electrons. The minimum Gasteiger partial charge on any atom is -0.349 e. The highest BCUT2D eigenvalue weighted by atomic mass is 35.5. The minimum absolute atomic E-state index is 0.141.